The average molecular weight is 353 g/mol. The van der Waals surface area contributed by atoms with Crippen molar-refractivity contribution in [2.24, 2.45) is 11.3 Å². The topological polar surface area (TPSA) is 73.2 Å². The highest BCUT2D eigenvalue weighted by molar-refractivity contribution is 5.96. The SMILES string of the molecule is Cc1ccccc1NC(=O)[C@@]1(C)CC(C#N)N(C(=O)CC2CCCC2)C1. The lowest BCUT2D eigenvalue weighted by atomic mass is 9.87. The number of rotatable bonds is 4. The third kappa shape index (κ3) is 3.75. The van der Waals surface area contributed by atoms with Gasteiger partial charge in [0.05, 0.1) is 11.5 Å². The Balaban J connectivity index is 1.69. The van der Waals surface area contributed by atoms with Gasteiger partial charge >= 0.3 is 0 Å². The third-order valence-electron chi connectivity index (χ3n) is 5.89. The van der Waals surface area contributed by atoms with Gasteiger partial charge in [-0.2, -0.15) is 5.26 Å². The maximum atomic E-state index is 12.9. The summed E-state index contributed by atoms with van der Waals surface area (Å²) in [6, 6.07) is 9.34. The second kappa shape index (κ2) is 7.49. The first-order valence-corrected chi connectivity index (χ1v) is 9.49. The zero-order valence-electron chi connectivity index (χ0n) is 15.6. The molecule has 2 aliphatic rings. The number of hydrogen-bond donors (Lipinski definition) is 1. The van der Waals surface area contributed by atoms with Gasteiger partial charge in [0.1, 0.15) is 6.04 Å². The Morgan fingerprint density at radius 2 is 2.00 bits per heavy atom. The predicted octanol–water partition coefficient (Wildman–Crippen LogP) is 3.64. The van der Waals surface area contributed by atoms with Crippen molar-refractivity contribution in [1.29, 1.82) is 5.26 Å². The van der Waals surface area contributed by atoms with E-state index in [9.17, 15) is 14.9 Å². The highest BCUT2D eigenvalue weighted by Crippen LogP contribution is 2.37. The fraction of sp³-hybridized carbons (Fsp3) is 0.571. The van der Waals surface area contributed by atoms with Gasteiger partial charge in [-0.05, 0) is 50.7 Å². The van der Waals surface area contributed by atoms with E-state index >= 15 is 0 Å². The van der Waals surface area contributed by atoms with Crippen molar-refractivity contribution in [3.63, 3.8) is 0 Å². The molecule has 0 aromatic heterocycles. The van der Waals surface area contributed by atoms with Crippen LogP contribution >= 0.6 is 0 Å². The molecule has 1 N–H and O–H groups in total. The minimum atomic E-state index is -0.742. The summed E-state index contributed by atoms with van der Waals surface area (Å²) in [5, 5.41) is 12.5. The van der Waals surface area contributed by atoms with E-state index in [1.807, 2.05) is 38.1 Å². The number of hydrogen-bond acceptors (Lipinski definition) is 3. The smallest absolute Gasteiger partial charge is 0.232 e. The third-order valence-corrected chi connectivity index (χ3v) is 5.89. The van der Waals surface area contributed by atoms with Crippen molar-refractivity contribution in [3.05, 3.63) is 29.8 Å². The van der Waals surface area contributed by atoms with Gasteiger partial charge in [-0.15, -0.1) is 0 Å². The number of para-hydroxylation sites is 1. The Kier molecular flexibility index (Phi) is 5.31. The summed E-state index contributed by atoms with van der Waals surface area (Å²) in [6.45, 7) is 4.12. The molecule has 1 unspecified atom stereocenters. The van der Waals surface area contributed by atoms with Crippen LogP contribution in [0.5, 0.6) is 0 Å². The summed E-state index contributed by atoms with van der Waals surface area (Å²) in [6.07, 6.45) is 5.47. The Labute approximate surface area is 155 Å². The normalized spacial score (nSPS) is 25.9. The Morgan fingerprint density at radius 1 is 1.31 bits per heavy atom. The first-order chi connectivity index (χ1) is 12.4. The molecule has 2 atom stereocenters. The maximum absolute atomic E-state index is 12.9. The number of amides is 2. The molecule has 1 aromatic carbocycles. The molecule has 0 bridgehead atoms. The molecular formula is C21H27N3O2. The van der Waals surface area contributed by atoms with Gasteiger partial charge in [-0.3, -0.25) is 9.59 Å². The summed E-state index contributed by atoms with van der Waals surface area (Å²) in [4.78, 5) is 27.3. The molecule has 1 heterocycles. The van der Waals surface area contributed by atoms with Crippen molar-refractivity contribution in [2.75, 3.05) is 11.9 Å². The van der Waals surface area contributed by atoms with Gasteiger partial charge in [0.25, 0.3) is 0 Å². The lowest BCUT2D eigenvalue weighted by Gasteiger charge is -2.25. The van der Waals surface area contributed by atoms with Crippen molar-refractivity contribution in [2.45, 2.75) is 58.4 Å². The van der Waals surface area contributed by atoms with Crippen molar-refractivity contribution < 1.29 is 9.59 Å². The molecule has 26 heavy (non-hydrogen) atoms. The van der Waals surface area contributed by atoms with Gasteiger partial charge in [0, 0.05) is 18.7 Å². The van der Waals surface area contributed by atoms with E-state index in [0.717, 1.165) is 24.1 Å². The van der Waals surface area contributed by atoms with Crippen LogP contribution in [0.1, 0.15) is 51.0 Å². The van der Waals surface area contributed by atoms with Gasteiger partial charge in [-0.25, -0.2) is 0 Å². The van der Waals surface area contributed by atoms with Crippen molar-refractivity contribution >= 4 is 17.5 Å². The molecule has 1 aliphatic carbocycles. The monoisotopic (exact) mass is 353 g/mol. The van der Waals surface area contributed by atoms with Crippen molar-refractivity contribution in [3.8, 4) is 6.07 Å². The van der Waals surface area contributed by atoms with Crippen LogP contribution in [-0.2, 0) is 9.59 Å². The summed E-state index contributed by atoms with van der Waals surface area (Å²) < 4.78 is 0. The Hall–Kier alpha value is -2.35. The molecule has 1 aromatic rings. The molecule has 2 fully saturated rings. The molecule has 1 saturated carbocycles. The van der Waals surface area contributed by atoms with Crippen LogP contribution in [-0.4, -0.2) is 29.3 Å². The Morgan fingerprint density at radius 3 is 2.65 bits per heavy atom. The highest BCUT2D eigenvalue weighted by atomic mass is 16.2. The molecule has 1 aliphatic heterocycles. The average Bonchev–Trinajstić information content (AvgIpc) is 3.25. The first-order valence-electron chi connectivity index (χ1n) is 9.49. The van der Waals surface area contributed by atoms with Gasteiger partial charge in [0.15, 0.2) is 0 Å². The molecule has 2 amide bonds. The number of nitriles is 1. The molecule has 0 spiro atoms. The summed E-state index contributed by atoms with van der Waals surface area (Å²) in [5.74, 6) is 0.341. The van der Waals surface area contributed by atoms with E-state index in [1.165, 1.54) is 12.8 Å². The number of anilines is 1. The fourth-order valence-corrected chi connectivity index (χ4v) is 4.19. The lowest BCUT2D eigenvalue weighted by molar-refractivity contribution is -0.133. The number of likely N-dealkylation sites (tertiary alicyclic amines) is 1. The van der Waals surface area contributed by atoms with Crippen LogP contribution in [0, 0.1) is 29.6 Å². The zero-order chi connectivity index (χ0) is 18.7. The Bertz CT molecular complexity index is 733. The lowest BCUT2D eigenvalue weighted by Crippen LogP contribution is -2.39. The molecule has 1 saturated heterocycles. The standard InChI is InChI=1S/C21H27N3O2/c1-15-7-3-6-10-18(15)23-20(26)21(2)12-17(13-22)24(14-21)19(25)11-16-8-4-5-9-16/h3,6-7,10,16-17H,4-5,8-9,11-12,14H2,1-2H3,(H,23,26)/t17?,21-/m0/s1. The van der Waals surface area contributed by atoms with Gasteiger partial charge in [-0.1, -0.05) is 31.0 Å². The highest BCUT2D eigenvalue weighted by Gasteiger charge is 2.48. The van der Waals surface area contributed by atoms with Gasteiger partial charge < -0.3 is 10.2 Å². The van der Waals surface area contributed by atoms with Crippen molar-refractivity contribution in [1.82, 2.24) is 4.90 Å². The number of benzene rings is 1. The minimum Gasteiger partial charge on any atom is -0.326 e. The van der Waals surface area contributed by atoms with Crippen LogP contribution in [0.25, 0.3) is 0 Å². The molecule has 0 radical (unpaired) electrons. The van der Waals surface area contributed by atoms with Crippen LogP contribution in [0.4, 0.5) is 5.69 Å². The first kappa shape index (κ1) is 18.4. The van der Waals surface area contributed by atoms with E-state index in [4.69, 9.17) is 0 Å². The van der Waals surface area contributed by atoms with Gasteiger partial charge in [0.2, 0.25) is 11.8 Å². The summed E-state index contributed by atoms with van der Waals surface area (Å²) in [7, 11) is 0. The number of carbonyl (C=O) groups excluding carboxylic acids is 2. The number of nitrogens with one attached hydrogen (secondary N) is 1. The zero-order valence-corrected chi connectivity index (χ0v) is 15.6. The van der Waals surface area contributed by atoms with E-state index in [2.05, 4.69) is 11.4 Å². The molecule has 138 valence electrons. The largest absolute Gasteiger partial charge is 0.326 e. The maximum Gasteiger partial charge on any atom is 0.232 e. The number of aryl methyl sites for hydroxylation is 1. The minimum absolute atomic E-state index is 0.0240. The van der Waals surface area contributed by atoms with Crippen LogP contribution < -0.4 is 5.32 Å². The summed E-state index contributed by atoms with van der Waals surface area (Å²) >= 11 is 0. The van der Waals surface area contributed by atoms with E-state index in [0.29, 0.717) is 25.3 Å². The van der Waals surface area contributed by atoms with E-state index < -0.39 is 11.5 Å². The number of nitrogens with zero attached hydrogens (tertiary/aromatic N) is 2. The van der Waals surface area contributed by atoms with E-state index in [-0.39, 0.29) is 11.8 Å². The summed E-state index contributed by atoms with van der Waals surface area (Å²) in [5.41, 5.74) is 1.03. The second-order valence-corrected chi connectivity index (χ2v) is 8.05. The quantitative estimate of drug-likeness (QED) is 0.898. The molecular weight excluding hydrogens is 326 g/mol. The number of carbonyl (C=O) groups is 2. The molecule has 3 rings (SSSR count). The predicted molar refractivity (Wildman–Crippen MR) is 100 cm³/mol. The fourth-order valence-electron chi connectivity index (χ4n) is 4.19. The van der Waals surface area contributed by atoms with Crippen LogP contribution in [0.15, 0.2) is 24.3 Å². The molecule has 5 nitrogen and oxygen atoms in total. The molecule has 5 heteroatoms. The van der Waals surface area contributed by atoms with E-state index in [1.54, 1.807) is 4.90 Å². The van der Waals surface area contributed by atoms with Crippen LogP contribution in [0.2, 0.25) is 0 Å². The van der Waals surface area contributed by atoms with Crippen LogP contribution in [0.3, 0.4) is 0 Å². The second-order valence-electron chi connectivity index (χ2n) is 8.05.